The third kappa shape index (κ3) is 5.68. The Morgan fingerprint density at radius 3 is 2.61 bits per heavy atom. The van der Waals surface area contributed by atoms with Crippen molar-refractivity contribution in [1.29, 1.82) is 0 Å². The van der Waals surface area contributed by atoms with Gasteiger partial charge >= 0.3 is 0 Å². The molecule has 0 bridgehead atoms. The lowest BCUT2D eigenvalue weighted by Gasteiger charge is -2.38. The quantitative estimate of drug-likeness (QED) is 0.785. The van der Waals surface area contributed by atoms with E-state index in [9.17, 15) is 4.79 Å². The van der Waals surface area contributed by atoms with Gasteiger partial charge < -0.3 is 15.8 Å². The van der Waals surface area contributed by atoms with E-state index in [1.54, 1.807) is 11.8 Å². The zero-order valence-corrected chi connectivity index (χ0v) is 15.3. The van der Waals surface area contributed by atoms with Gasteiger partial charge in [-0.1, -0.05) is 30.3 Å². The number of hydrogen-bond donors (Lipinski definition) is 2. The van der Waals surface area contributed by atoms with Crippen LogP contribution in [0.3, 0.4) is 0 Å². The topological polar surface area (TPSA) is 64.4 Å². The predicted octanol–water partition coefficient (Wildman–Crippen LogP) is 2.35. The molecule has 130 valence electrons. The van der Waals surface area contributed by atoms with Crippen LogP contribution in [0.1, 0.15) is 24.8 Å². The Hall–Kier alpha value is -0.750. The molecule has 6 heteroatoms. The average Bonchev–Trinajstić information content (AvgIpc) is 2.59. The van der Waals surface area contributed by atoms with Crippen molar-refractivity contribution in [3.05, 3.63) is 35.9 Å². The van der Waals surface area contributed by atoms with Gasteiger partial charge in [0.25, 0.3) is 0 Å². The lowest BCUT2D eigenvalue weighted by molar-refractivity contribution is -0.122. The van der Waals surface area contributed by atoms with Crippen LogP contribution >= 0.6 is 24.2 Å². The van der Waals surface area contributed by atoms with Gasteiger partial charge in [0.2, 0.25) is 5.91 Å². The van der Waals surface area contributed by atoms with Crippen molar-refractivity contribution in [1.82, 2.24) is 5.32 Å². The van der Waals surface area contributed by atoms with Crippen LogP contribution in [0.15, 0.2) is 30.3 Å². The number of hydrogen-bond acceptors (Lipinski definition) is 4. The van der Waals surface area contributed by atoms with Crippen LogP contribution in [0.4, 0.5) is 0 Å². The van der Waals surface area contributed by atoms with Crippen molar-refractivity contribution in [3.8, 4) is 0 Å². The number of amides is 1. The summed E-state index contributed by atoms with van der Waals surface area (Å²) in [6, 6.07) is 10.0. The number of rotatable bonds is 7. The van der Waals surface area contributed by atoms with Gasteiger partial charge in [-0.05, 0) is 36.8 Å². The summed E-state index contributed by atoms with van der Waals surface area (Å²) in [5.74, 6) is 0.863. The number of carbonyl (C=O) groups excluding carboxylic acids is 1. The van der Waals surface area contributed by atoms with E-state index in [4.69, 9.17) is 10.5 Å². The van der Waals surface area contributed by atoms with Gasteiger partial charge in [0, 0.05) is 25.2 Å². The Balaban J connectivity index is 0.00000264. The normalized spacial score (nSPS) is 17.8. The third-order valence-corrected chi connectivity index (χ3v) is 5.05. The fourth-order valence-electron chi connectivity index (χ4n) is 2.88. The molecular formula is C17H27ClN2O2S. The maximum atomic E-state index is 12.2. The highest BCUT2D eigenvalue weighted by molar-refractivity contribution is 7.98. The second-order valence-corrected chi connectivity index (χ2v) is 6.85. The summed E-state index contributed by atoms with van der Waals surface area (Å²) in [6.45, 7) is 2.11. The maximum Gasteiger partial charge on any atom is 0.236 e. The SMILES string of the molecule is CSCC[C@H](N)C(=O)NCC1(c2ccccc2)CCOCC1.Cl. The summed E-state index contributed by atoms with van der Waals surface area (Å²) >= 11 is 1.71. The summed E-state index contributed by atoms with van der Waals surface area (Å²) in [5.41, 5.74) is 7.19. The highest BCUT2D eigenvalue weighted by Gasteiger charge is 2.35. The van der Waals surface area contributed by atoms with Crippen LogP contribution in [0, 0.1) is 0 Å². The second-order valence-electron chi connectivity index (χ2n) is 5.86. The van der Waals surface area contributed by atoms with Crippen LogP contribution in [0.25, 0.3) is 0 Å². The van der Waals surface area contributed by atoms with E-state index in [1.165, 1.54) is 5.56 Å². The Kier molecular flexibility index (Phi) is 8.99. The van der Waals surface area contributed by atoms with Crippen LogP contribution in [0.5, 0.6) is 0 Å². The molecule has 0 spiro atoms. The van der Waals surface area contributed by atoms with Crippen LogP contribution < -0.4 is 11.1 Å². The first kappa shape index (κ1) is 20.3. The van der Waals surface area contributed by atoms with Crippen molar-refractivity contribution in [3.63, 3.8) is 0 Å². The van der Waals surface area contributed by atoms with Gasteiger partial charge in [-0.3, -0.25) is 4.79 Å². The molecule has 1 aliphatic rings. The first-order chi connectivity index (χ1) is 10.7. The molecule has 1 atom stereocenters. The van der Waals surface area contributed by atoms with E-state index < -0.39 is 6.04 Å². The maximum absolute atomic E-state index is 12.2. The van der Waals surface area contributed by atoms with E-state index in [2.05, 4.69) is 29.6 Å². The van der Waals surface area contributed by atoms with Gasteiger partial charge in [-0.25, -0.2) is 0 Å². The van der Waals surface area contributed by atoms with Gasteiger partial charge in [0.1, 0.15) is 0 Å². The largest absolute Gasteiger partial charge is 0.381 e. The molecule has 0 radical (unpaired) electrons. The molecule has 1 aromatic carbocycles. The van der Waals surface area contributed by atoms with Crippen LogP contribution in [-0.4, -0.2) is 43.7 Å². The molecule has 1 heterocycles. The summed E-state index contributed by atoms with van der Waals surface area (Å²) < 4.78 is 5.51. The molecule has 0 aliphatic carbocycles. The molecule has 4 nitrogen and oxygen atoms in total. The number of benzene rings is 1. The van der Waals surface area contributed by atoms with E-state index >= 15 is 0 Å². The molecule has 1 fully saturated rings. The predicted molar refractivity (Wildman–Crippen MR) is 99.4 cm³/mol. The highest BCUT2D eigenvalue weighted by Crippen LogP contribution is 2.34. The number of nitrogens with two attached hydrogens (primary N) is 1. The number of ether oxygens (including phenoxy) is 1. The zero-order valence-electron chi connectivity index (χ0n) is 13.6. The molecule has 0 aromatic heterocycles. The van der Waals surface area contributed by atoms with E-state index in [1.807, 2.05) is 12.3 Å². The lowest BCUT2D eigenvalue weighted by atomic mass is 9.74. The molecule has 1 aromatic rings. The summed E-state index contributed by atoms with van der Waals surface area (Å²) in [6.07, 6.45) is 4.60. The van der Waals surface area contributed by atoms with Gasteiger partial charge in [0.15, 0.2) is 0 Å². The molecule has 23 heavy (non-hydrogen) atoms. The first-order valence-corrected chi connectivity index (χ1v) is 9.23. The molecular weight excluding hydrogens is 332 g/mol. The third-order valence-electron chi connectivity index (χ3n) is 4.41. The number of nitrogens with one attached hydrogen (secondary N) is 1. The molecule has 1 saturated heterocycles. The number of halogens is 1. The summed E-state index contributed by atoms with van der Waals surface area (Å²) in [4.78, 5) is 12.2. The fourth-order valence-corrected chi connectivity index (χ4v) is 3.37. The molecule has 1 amide bonds. The standard InChI is InChI=1S/C17H26N2O2S.ClH/c1-22-12-7-15(18)16(20)19-13-17(8-10-21-11-9-17)14-5-3-2-4-6-14;/h2-6,15H,7-13,18H2,1H3,(H,19,20);1H/t15-;/m0./s1. The molecule has 3 N–H and O–H groups in total. The number of thioether (sulfide) groups is 1. The Bertz CT molecular complexity index is 467. The smallest absolute Gasteiger partial charge is 0.236 e. The molecule has 0 saturated carbocycles. The van der Waals surface area contributed by atoms with Crippen LogP contribution in [-0.2, 0) is 14.9 Å². The minimum atomic E-state index is -0.417. The molecule has 0 unspecified atom stereocenters. The van der Waals surface area contributed by atoms with Crippen LogP contribution in [0.2, 0.25) is 0 Å². The Labute approximate surface area is 149 Å². The van der Waals surface area contributed by atoms with E-state index in [0.29, 0.717) is 13.0 Å². The monoisotopic (exact) mass is 358 g/mol. The van der Waals surface area contributed by atoms with E-state index in [0.717, 1.165) is 31.8 Å². The van der Waals surface area contributed by atoms with Crippen molar-refractivity contribution >= 4 is 30.1 Å². The summed E-state index contributed by atoms with van der Waals surface area (Å²) in [5, 5.41) is 3.07. The Morgan fingerprint density at radius 2 is 2.00 bits per heavy atom. The van der Waals surface area contributed by atoms with Gasteiger partial charge in [-0.15, -0.1) is 12.4 Å². The lowest BCUT2D eigenvalue weighted by Crippen LogP contribution is -2.49. The van der Waals surface area contributed by atoms with Crippen molar-refractivity contribution < 1.29 is 9.53 Å². The average molecular weight is 359 g/mol. The summed E-state index contributed by atoms with van der Waals surface area (Å²) in [7, 11) is 0. The molecule has 2 rings (SSSR count). The Morgan fingerprint density at radius 1 is 1.35 bits per heavy atom. The minimum Gasteiger partial charge on any atom is -0.381 e. The van der Waals surface area contributed by atoms with Gasteiger partial charge in [0.05, 0.1) is 6.04 Å². The van der Waals surface area contributed by atoms with Crippen molar-refractivity contribution in [2.45, 2.75) is 30.7 Å². The van der Waals surface area contributed by atoms with Gasteiger partial charge in [-0.2, -0.15) is 11.8 Å². The zero-order chi connectivity index (χ0) is 15.8. The first-order valence-electron chi connectivity index (χ1n) is 7.83. The fraction of sp³-hybridized carbons (Fsp3) is 0.588. The highest BCUT2D eigenvalue weighted by atomic mass is 35.5. The minimum absolute atomic E-state index is 0. The molecule has 1 aliphatic heterocycles. The van der Waals surface area contributed by atoms with Crippen molar-refractivity contribution in [2.24, 2.45) is 5.73 Å². The second kappa shape index (κ2) is 10.2. The van der Waals surface area contributed by atoms with E-state index in [-0.39, 0.29) is 23.7 Å². The number of carbonyl (C=O) groups is 1. The van der Waals surface area contributed by atoms with Crippen molar-refractivity contribution in [2.75, 3.05) is 31.8 Å².